The van der Waals surface area contributed by atoms with Crippen molar-refractivity contribution in [2.75, 3.05) is 0 Å². The quantitative estimate of drug-likeness (QED) is 0.340. The molecule has 0 aromatic heterocycles. The summed E-state index contributed by atoms with van der Waals surface area (Å²) in [4.78, 5) is 33.9. The van der Waals surface area contributed by atoms with Gasteiger partial charge in [0.1, 0.15) is 0 Å². The monoisotopic (exact) mass is 286 g/mol. The van der Waals surface area contributed by atoms with Gasteiger partial charge in [0, 0.05) is 0 Å². The number of rotatable bonds is 0. The fourth-order valence-electron chi connectivity index (χ4n) is 0. The van der Waals surface area contributed by atoms with E-state index in [1.165, 1.54) is 0 Å². The van der Waals surface area contributed by atoms with Crippen molar-refractivity contribution < 1.29 is 67.7 Å². The normalized spacial score (nSPS) is 5.20. The van der Waals surface area contributed by atoms with Gasteiger partial charge in [0.2, 0.25) is 0 Å². The molecule has 6 nitrogen and oxygen atoms in total. The van der Waals surface area contributed by atoms with Gasteiger partial charge in [0.15, 0.2) is 0 Å². The van der Waals surface area contributed by atoms with E-state index in [1.54, 1.807) is 0 Å². The third kappa shape index (κ3) is 385. The van der Waals surface area contributed by atoms with E-state index in [2.05, 4.69) is 0 Å². The Kier molecular flexibility index (Phi) is 37.6. The molecule has 0 amide bonds. The Bertz CT molecular complexity index is 71.7. The van der Waals surface area contributed by atoms with Crippen molar-refractivity contribution >= 4 is 16.5 Å². The van der Waals surface area contributed by atoms with Crippen molar-refractivity contribution in [3.05, 3.63) is 0 Å². The van der Waals surface area contributed by atoms with Crippen LogP contribution >= 0.6 is 16.5 Å². The topological polar surface area (TPSA) is 126 Å². The van der Waals surface area contributed by atoms with E-state index in [9.17, 15) is 0 Å². The van der Waals surface area contributed by atoms with Crippen molar-refractivity contribution in [3.8, 4) is 0 Å². The zero-order chi connectivity index (χ0) is 7.15. The van der Waals surface area contributed by atoms with Gasteiger partial charge in [-0.1, -0.05) is 9.13 Å². The van der Waals surface area contributed by atoms with Gasteiger partial charge in [0.25, 0.3) is 16.5 Å². The van der Waals surface area contributed by atoms with Gasteiger partial charge in [0.05, 0.1) is 0 Å². The van der Waals surface area contributed by atoms with Gasteiger partial charge >= 0.3 is 39.0 Å². The Labute approximate surface area is 84.1 Å². The second kappa shape index (κ2) is 16.7. The second-order valence-electron chi connectivity index (χ2n) is 0.447. The van der Waals surface area contributed by atoms with Crippen molar-refractivity contribution in [3.63, 3.8) is 0 Å². The predicted octanol–water partition coefficient (Wildman–Crippen LogP) is -3.28. The third-order valence-electron chi connectivity index (χ3n) is 0. The minimum Gasteiger partial charge on any atom is -0.598 e. The summed E-state index contributed by atoms with van der Waals surface area (Å²) in [5, 5.41) is 0. The van der Waals surface area contributed by atoms with E-state index in [0.29, 0.717) is 0 Å². The first kappa shape index (κ1) is 22.5. The summed E-state index contributed by atoms with van der Waals surface area (Å²) in [6, 6.07) is 0. The molecule has 0 rings (SSSR count). The minimum atomic E-state index is -3.37. The summed E-state index contributed by atoms with van der Waals surface area (Å²) in [6.45, 7) is 0. The maximum Gasteiger partial charge on any atom is 2.00 e. The molecule has 0 aliphatic heterocycles. The van der Waals surface area contributed by atoms with E-state index in [4.69, 9.17) is 28.7 Å². The fraction of sp³-hybridized carbons (Fsp3) is 0. The average molecular weight is 289 g/mol. The second-order valence-corrected chi connectivity index (χ2v) is 1.34. The van der Waals surface area contributed by atoms with Crippen LogP contribution in [-0.2, 0) is 48.1 Å². The molecule has 10 heteroatoms. The van der Waals surface area contributed by atoms with E-state index < -0.39 is 16.5 Å². The summed E-state index contributed by atoms with van der Waals surface area (Å²) >= 11 is 0. The first-order valence-corrected chi connectivity index (χ1v) is 3.29. The molecule has 10 heavy (non-hydrogen) atoms. The number of hydrogen-bond donors (Lipinski definition) is 0. The maximum absolute atomic E-state index is 8.48. The van der Waals surface area contributed by atoms with E-state index in [-0.39, 0.29) is 39.0 Å². The van der Waals surface area contributed by atoms with Crippen LogP contribution in [0.15, 0.2) is 0 Å². The molecule has 0 heterocycles. The summed E-state index contributed by atoms with van der Waals surface area (Å²) < 4.78 is 17.0. The summed E-state index contributed by atoms with van der Waals surface area (Å²) in [5.41, 5.74) is 0. The molecule has 0 fully saturated rings. The molecule has 0 aliphatic carbocycles. The Morgan fingerprint density at radius 2 is 0.700 bits per heavy atom. The molecule has 0 aromatic carbocycles. The molecule has 0 bridgehead atoms. The molecular formula is O6P2Zn2+2. The summed E-state index contributed by atoms with van der Waals surface area (Å²) in [5.74, 6) is 0. The van der Waals surface area contributed by atoms with Crippen molar-refractivity contribution in [1.29, 1.82) is 0 Å². The molecule has 0 atom stereocenters. The molecule has 0 unspecified atom stereocenters. The zero-order valence-corrected chi connectivity index (χ0v) is 12.5. The van der Waals surface area contributed by atoms with E-state index in [1.807, 2.05) is 0 Å². The van der Waals surface area contributed by atoms with Gasteiger partial charge in [-0.3, -0.25) is 0 Å². The minimum absolute atomic E-state index is 0. The van der Waals surface area contributed by atoms with Crippen LogP contribution in [0, 0.1) is 0 Å². The van der Waals surface area contributed by atoms with Crippen LogP contribution in [0.1, 0.15) is 0 Å². The molecule has 0 aliphatic rings. The first-order chi connectivity index (χ1) is 3.46. The van der Waals surface area contributed by atoms with Crippen LogP contribution < -0.4 is 19.6 Å². The van der Waals surface area contributed by atoms with Crippen LogP contribution in [-0.4, -0.2) is 0 Å². The van der Waals surface area contributed by atoms with Gasteiger partial charge in [-0.05, 0) is 0 Å². The van der Waals surface area contributed by atoms with Crippen molar-refractivity contribution in [2.45, 2.75) is 0 Å². The maximum atomic E-state index is 8.48. The van der Waals surface area contributed by atoms with Crippen LogP contribution in [0.5, 0.6) is 0 Å². The van der Waals surface area contributed by atoms with Crippen LogP contribution in [0.4, 0.5) is 0 Å². The Hall–Kier alpha value is 1.29. The van der Waals surface area contributed by atoms with E-state index >= 15 is 0 Å². The Morgan fingerprint density at radius 3 is 0.700 bits per heavy atom. The molecule has 0 saturated carbocycles. The van der Waals surface area contributed by atoms with E-state index in [0.717, 1.165) is 0 Å². The van der Waals surface area contributed by atoms with Gasteiger partial charge in [-0.25, -0.2) is 0 Å². The van der Waals surface area contributed by atoms with Gasteiger partial charge in [-0.2, -0.15) is 0 Å². The standard InChI is InChI=1S/2HO3P.2Zn/c2*1-4(2)3;;/h2*(H,1,2,3);;/q;;2*+2/p-2. The Morgan fingerprint density at radius 1 is 0.700 bits per heavy atom. The average Bonchev–Trinajstić information content (AvgIpc) is 1.25. The van der Waals surface area contributed by atoms with Crippen LogP contribution in [0.3, 0.4) is 0 Å². The molecule has 0 saturated heterocycles. The van der Waals surface area contributed by atoms with Crippen molar-refractivity contribution in [1.82, 2.24) is 0 Å². The molecule has 0 aromatic rings. The molecule has 0 radical (unpaired) electrons. The van der Waals surface area contributed by atoms with Gasteiger partial charge in [-0.15, -0.1) is 0 Å². The molecular weight excluding hydrogens is 289 g/mol. The van der Waals surface area contributed by atoms with Gasteiger partial charge < -0.3 is 19.6 Å². The Balaban J connectivity index is -0.0000000300. The predicted molar refractivity (Wildman–Crippen MR) is 15.2 cm³/mol. The molecule has 48 valence electrons. The first-order valence-electron chi connectivity index (χ1n) is 1.10. The SMILES string of the molecule is O=[P+]([O-])[O-].O=[P+]([O-])[O-].[Zn+2].[Zn+2]. The largest absolute Gasteiger partial charge is 2.00 e. The van der Waals surface area contributed by atoms with Crippen molar-refractivity contribution in [2.24, 2.45) is 0 Å². The molecule has 0 spiro atoms. The zero-order valence-electron chi connectivity index (χ0n) is 4.76. The molecule has 0 N–H and O–H groups in total. The fourth-order valence-corrected chi connectivity index (χ4v) is 0. The number of hydrogen-bond acceptors (Lipinski definition) is 6. The van der Waals surface area contributed by atoms with Crippen LogP contribution in [0.25, 0.3) is 0 Å². The third-order valence-corrected chi connectivity index (χ3v) is 0. The summed E-state index contributed by atoms with van der Waals surface area (Å²) in [6.07, 6.45) is 0. The summed E-state index contributed by atoms with van der Waals surface area (Å²) in [7, 11) is -6.74. The van der Waals surface area contributed by atoms with Crippen LogP contribution in [0.2, 0.25) is 0 Å². The smallest absolute Gasteiger partial charge is 0.598 e.